The van der Waals surface area contributed by atoms with Crippen molar-refractivity contribution < 1.29 is 14.3 Å². The zero-order valence-electron chi connectivity index (χ0n) is 14.6. The molecule has 0 aliphatic rings. The van der Waals surface area contributed by atoms with Gasteiger partial charge in [-0.25, -0.2) is 0 Å². The molecule has 0 aromatic heterocycles. The minimum atomic E-state index is -0.107. The Morgan fingerprint density at radius 2 is 1.41 bits per heavy atom. The third kappa shape index (κ3) is 15.3. The van der Waals surface area contributed by atoms with Gasteiger partial charge in [0.2, 0.25) is 0 Å². The summed E-state index contributed by atoms with van der Waals surface area (Å²) in [5, 5.41) is 0. The largest absolute Gasteiger partial charge is 0.469 e. The standard InChI is InChI=1S/C19H34O3/c1-3-4-5-12-15-18(20)16-13-10-8-6-7-9-11-14-17-19(21)22-2/h13,16H,3-12,14-15,17H2,1-2H3. The van der Waals surface area contributed by atoms with E-state index in [4.69, 9.17) is 0 Å². The number of carbonyl (C=O) groups excluding carboxylic acids is 2. The van der Waals surface area contributed by atoms with Crippen molar-refractivity contribution >= 4 is 11.8 Å². The predicted octanol–water partition coefficient (Wildman–Crippen LogP) is 5.38. The highest BCUT2D eigenvalue weighted by Crippen LogP contribution is 2.09. The summed E-state index contributed by atoms with van der Waals surface area (Å²) in [6.45, 7) is 2.18. The Morgan fingerprint density at radius 1 is 0.818 bits per heavy atom. The smallest absolute Gasteiger partial charge is 0.305 e. The Bertz CT molecular complexity index is 308. The van der Waals surface area contributed by atoms with E-state index in [2.05, 4.69) is 11.7 Å². The average Bonchev–Trinajstić information content (AvgIpc) is 2.53. The molecule has 0 aliphatic carbocycles. The second-order valence-corrected chi connectivity index (χ2v) is 5.92. The monoisotopic (exact) mass is 310 g/mol. The second kappa shape index (κ2) is 16.3. The van der Waals surface area contributed by atoms with Crippen LogP contribution in [0.5, 0.6) is 0 Å². The molecule has 3 nitrogen and oxygen atoms in total. The molecule has 0 heterocycles. The lowest BCUT2D eigenvalue weighted by Crippen LogP contribution is -1.99. The van der Waals surface area contributed by atoms with Gasteiger partial charge in [0.1, 0.15) is 0 Å². The highest BCUT2D eigenvalue weighted by molar-refractivity contribution is 5.89. The van der Waals surface area contributed by atoms with Crippen LogP contribution in [0, 0.1) is 0 Å². The molecule has 0 bridgehead atoms. The molecule has 128 valence electrons. The van der Waals surface area contributed by atoms with Gasteiger partial charge in [0, 0.05) is 12.8 Å². The summed E-state index contributed by atoms with van der Waals surface area (Å²) in [4.78, 5) is 22.5. The molecule has 0 aliphatic heterocycles. The van der Waals surface area contributed by atoms with Crippen molar-refractivity contribution in [1.82, 2.24) is 0 Å². The molecular weight excluding hydrogens is 276 g/mol. The zero-order valence-corrected chi connectivity index (χ0v) is 14.6. The van der Waals surface area contributed by atoms with Crippen LogP contribution in [0.15, 0.2) is 12.2 Å². The lowest BCUT2D eigenvalue weighted by Gasteiger charge is -2.00. The first-order valence-electron chi connectivity index (χ1n) is 8.97. The molecule has 0 radical (unpaired) electrons. The summed E-state index contributed by atoms with van der Waals surface area (Å²) in [7, 11) is 1.44. The molecule has 0 spiro atoms. The fraction of sp³-hybridized carbons (Fsp3) is 0.789. The first-order chi connectivity index (χ1) is 10.7. The molecule has 0 aromatic carbocycles. The number of methoxy groups -OCH3 is 1. The first-order valence-corrected chi connectivity index (χ1v) is 8.97. The van der Waals surface area contributed by atoms with E-state index in [1.54, 1.807) is 6.08 Å². The van der Waals surface area contributed by atoms with E-state index in [1.165, 1.54) is 45.6 Å². The van der Waals surface area contributed by atoms with Gasteiger partial charge in [-0.15, -0.1) is 0 Å². The summed E-state index contributed by atoms with van der Waals surface area (Å²) in [5.74, 6) is 0.170. The molecular formula is C19H34O3. The van der Waals surface area contributed by atoms with E-state index < -0.39 is 0 Å². The number of unbranched alkanes of at least 4 members (excludes halogenated alkanes) is 9. The molecule has 0 aromatic rings. The third-order valence-electron chi connectivity index (χ3n) is 3.81. The van der Waals surface area contributed by atoms with Gasteiger partial charge in [-0.05, 0) is 31.8 Å². The summed E-state index contributed by atoms with van der Waals surface area (Å²) < 4.78 is 4.60. The minimum absolute atomic E-state index is 0.107. The number of hydrogen-bond acceptors (Lipinski definition) is 3. The van der Waals surface area contributed by atoms with Crippen LogP contribution < -0.4 is 0 Å². The fourth-order valence-corrected chi connectivity index (χ4v) is 2.36. The molecule has 0 fully saturated rings. The normalized spacial score (nSPS) is 11.0. The van der Waals surface area contributed by atoms with Crippen LogP contribution in [0.3, 0.4) is 0 Å². The molecule has 0 atom stereocenters. The Morgan fingerprint density at radius 3 is 2.09 bits per heavy atom. The van der Waals surface area contributed by atoms with Gasteiger partial charge in [-0.2, -0.15) is 0 Å². The van der Waals surface area contributed by atoms with E-state index in [1.807, 2.05) is 6.08 Å². The van der Waals surface area contributed by atoms with Gasteiger partial charge in [-0.3, -0.25) is 9.59 Å². The Hall–Kier alpha value is -1.12. The number of rotatable bonds is 15. The highest BCUT2D eigenvalue weighted by atomic mass is 16.5. The lowest BCUT2D eigenvalue weighted by molar-refractivity contribution is -0.140. The van der Waals surface area contributed by atoms with Crippen LogP contribution in [0.2, 0.25) is 0 Å². The van der Waals surface area contributed by atoms with Gasteiger partial charge in [-0.1, -0.05) is 57.9 Å². The maximum atomic E-state index is 11.6. The summed E-state index contributed by atoms with van der Waals surface area (Å²) in [6, 6.07) is 0. The van der Waals surface area contributed by atoms with Gasteiger partial charge < -0.3 is 4.74 Å². The maximum Gasteiger partial charge on any atom is 0.305 e. The maximum absolute atomic E-state index is 11.6. The third-order valence-corrected chi connectivity index (χ3v) is 3.81. The molecule has 0 N–H and O–H groups in total. The molecule has 3 heteroatoms. The van der Waals surface area contributed by atoms with Crippen molar-refractivity contribution in [3.8, 4) is 0 Å². The van der Waals surface area contributed by atoms with Crippen LogP contribution in [0.1, 0.15) is 90.4 Å². The van der Waals surface area contributed by atoms with E-state index in [0.29, 0.717) is 12.8 Å². The lowest BCUT2D eigenvalue weighted by atomic mass is 10.1. The van der Waals surface area contributed by atoms with Crippen LogP contribution >= 0.6 is 0 Å². The minimum Gasteiger partial charge on any atom is -0.469 e. The van der Waals surface area contributed by atoms with Gasteiger partial charge in [0.25, 0.3) is 0 Å². The van der Waals surface area contributed by atoms with E-state index >= 15 is 0 Å². The number of ether oxygens (including phenoxy) is 1. The second-order valence-electron chi connectivity index (χ2n) is 5.92. The van der Waals surface area contributed by atoms with Crippen molar-refractivity contribution in [2.24, 2.45) is 0 Å². The van der Waals surface area contributed by atoms with E-state index in [0.717, 1.165) is 32.1 Å². The summed E-state index contributed by atoms with van der Waals surface area (Å²) in [5.41, 5.74) is 0. The Balaban J connectivity index is 3.29. The Labute approximate surface area is 136 Å². The molecule has 22 heavy (non-hydrogen) atoms. The van der Waals surface area contributed by atoms with Crippen molar-refractivity contribution in [1.29, 1.82) is 0 Å². The number of esters is 1. The first kappa shape index (κ1) is 20.9. The van der Waals surface area contributed by atoms with Gasteiger partial charge >= 0.3 is 5.97 Å². The quantitative estimate of drug-likeness (QED) is 0.232. The van der Waals surface area contributed by atoms with Crippen LogP contribution in [-0.2, 0) is 14.3 Å². The highest BCUT2D eigenvalue weighted by Gasteiger charge is 1.99. The van der Waals surface area contributed by atoms with Crippen LogP contribution in [0.25, 0.3) is 0 Å². The van der Waals surface area contributed by atoms with Gasteiger partial charge in [0.15, 0.2) is 5.78 Å². The number of ketones is 1. The van der Waals surface area contributed by atoms with Gasteiger partial charge in [0.05, 0.1) is 7.11 Å². The average molecular weight is 310 g/mol. The number of allylic oxidation sites excluding steroid dienone is 2. The number of hydrogen-bond donors (Lipinski definition) is 0. The van der Waals surface area contributed by atoms with Crippen LogP contribution in [0.4, 0.5) is 0 Å². The SMILES string of the molecule is CCCCCCC(=O)C=CCCCCCCCCC(=O)OC. The number of carbonyl (C=O) groups is 2. The molecule has 0 amide bonds. The molecule has 0 unspecified atom stereocenters. The molecule has 0 rings (SSSR count). The van der Waals surface area contributed by atoms with E-state index in [-0.39, 0.29) is 11.8 Å². The zero-order chi connectivity index (χ0) is 16.5. The summed E-state index contributed by atoms with van der Waals surface area (Å²) >= 11 is 0. The predicted molar refractivity (Wildman–Crippen MR) is 91.9 cm³/mol. The Kier molecular flexibility index (Phi) is 15.4. The fourth-order valence-electron chi connectivity index (χ4n) is 2.36. The van der Waals surface area contributed by atoms with Crippen molar-refractivity contribution in [3.63, 3.8) is 0 Å². The van der Waals surface area contributed by atoms with Crippen molar-refractivity contribution in [2.75, 3.05) is 7.11 Å². The summed E-state index contributed by atoms with van der Waals surface area (Å²) in [6.07, 6.45) is 17.5. The van der Waals surface area contributed by atoms with Crippen molar-refractivity contribution in [2.45, 2.75) is 90.4 Å². The van der Waals surface area contributed by atoms with E-state index in [9.17, 15) is 9.59 Å². The van der Waals surface area contributed by atoms with Crippen LogP contribution in [-0.4, -0.2) is 18.9 Å². The molecule has 0 saturated heterocycles. The topological polar surface area (TPSA) is 43.4 Å². The van der Waals surface area contributed by atoms with Crippen molar-refractivity contribution in [3.05, 3.63) is 12.2 Å². The molecule has 0 saturated carbocycles.